The van der Waals surface area contributed by atoms with Gasteiger partial charge in [-0.25, -0.2) is 0 Å². The van der Waals surface area contributed by atoms with Crippen LogP contribution in [0.1, 0.15) is 109 Å². The van der Waals surface area contributed by atoms with E-state index in [2.05, 4.69) is 86.4 Å². The summed E-state index contributed by atoms with van der Waals surface area (Å²) in [6, 6.07) is 21.2. The van der Waals surface area contributed by atoms with Gasteiger partial charge in [0.15, 0.2) is 5.78 Å². The summed E-state index contributed by atoms with van der Waals surface area (Å²) in [7, 11) is 0. The molecule has 216 valence electrons. The molecule has 0 saturated heterocycles. The van der Waals surface area contributed by atoms with Crippen molar-refractivity contribution < 1.29 is 22.8 Å². The van der Waals surface area contributed by atoms with E-state index in [1.54, 1.807) is 13.1 Å². The van der Waals surface area contributed by atoms with Crippen LogP contribution in [0.4, 0.5) is 13.2 Å². The van der Waals surface area contributed by atoms with Crippen molar-refractivity contribution in [1.82, 2.24) is 0 Å². The summed E-state index contributed by atoms with van der Waals surface area (Å²) in [5.74, 6) is 1.08. The zero-order chi connectivity index (χ0) is 29.5. The minimum absolute atomic E-state index is 0.267. The molecule has 2 aromatic rings. The molecule has 0 aliphatic carbocycles. The number of aliphatic imine (C=N–C) groups is 1. The van der Waals surface area contributed by atoms with Gasteiger partial charge in [0.25, 0.3) is 0 Å². The monoisotopic (exact) mass is 545 g/mol. The molecular formula is C33H46F3NO2. The summed E-state index contributed by atoms with van der Waals surface area (Å²) in [5, 5.41) is 0. The minimum Gasteiger partial charge on any atom is -0.300 e. The summed E-state index contributed by atoms with van der Waals surface area (Å²) >= 11 is 0. The molecule has 0 aromatic heterocycles. The van der Waals surface area contributed by atoms with Crippen molar-refractivity contribution in [3.63, 3.8) is 0 Å². The molecule has 0 spiro atoms. The van der Waals surface area contributed by atoms with Crippen LogP contribution in [-0.2, 0) is 9.59 Å². The average molecular weight is 546 g/mol. The number of carbonyl (C=O) groups excluding carboxylic acids is 2. The summed E-state index contributed by atoms with van der Waals surface area (Å²) in [6.07, 6.45) is 10.6. The maximum Gasteiger partial charge on any atom is 0.379 e. The third-order valence-corrected chi connectivity index (χ3v) is 6.03. The third-order valence-electron chi connectivity index (χ3n) is 6.03. The van der Waals surface area contributed by atoms with Crippen molar-refractivity contribution in [1.29, 1.82) is 0 Å². The number of alkyl halides is 3. The lowest BCUT2D eigenvalue weighted by Crippen LogP contribution is -2.10. The highest BCUT2D eigenvalue weighted by atomic mass is 19.4. The number of halogens is 3. The predicted molar refractivity (Wildman–Crippen MR) is 157 cm³/mol. The molecule has 0 fully saturated rings. The number of rotatable bonds is 10. The van der Waals surface area contributed by atoms with Crippen LogP contribution >= 0.6 is 0 Å². The van der Waals surface area contributed by atoms with Crippen molar-refractivity contribution in [2.45, 2.75) is 105 Å². The Hall–Kier alpha value is -3.02. The molecule has 6 heteroatoms. The first-order valence-electron chi connectivity index (χ1n) is 14.0. The number of nitrogens with zero attached hydrogens (tertiary/aromatic N) is 1. The Morgan fingerprint density at radius 2 is 1.36 bits per heavy atom. The van der Waals surface area contributed by atoms with Crippen LogP contribution in [0.15, 0.2) is 76.9 Å². The lowest BCUT2D eigenvalue weighted by atomic mass is 9.93. The van der Waals surface area contributed by atoms with Gasteiger partial charge in [-0.05, 0) is 37.3 Å². The number of hydrogen-bond acceptors (Lipinski definition) is 3. The maximum atomic E-state index is 11.4. The van der Waals surface area contributed by atoms with E-state index in [4.69, 9.17) is 0 Å². The third kappa shape index (κ3) is 18.0. The Bertz CT molecular complexity index is 931. The van der Waals surface area contributed by atoms with E-state index in [0.29, 0.717) is 18.1 Å². The molecular weight excluding hydrogens is 499 g/mol. The molecule has 0 amide bonds. The highest BCUT2D eigenvalue weighted by Gasteiger charge is 2.15. The number of allylic oxidation sites excluding steroid dienone is 2. The molecule has 1 aliphatic heterocycles. The zero-order valence-corrected chi connectivity index (χ0v) is 24.3. The first-order valence-corrected chi connectivity index (χ1v) is 14.0. The standard InChI is InChI=1S/C14H14.C10H15NO.C8H16O.CHF3/c1-12(13-8-4-2-5-9-13)14-10-6-3-7-11-14;1-3-5-8-9(4-2)11-7-6-10(8)12;1-3-4-5-6-7-8(2)9;2-1(3)4/h2-12H,1H3;7H,3-6H2,1-2H3;3-7H2,1-2H3;1H. The van der Waals surface area contributed by atoms with Crippen LogP contribution in [0.5, 0.6) is 0 Å². The Labute approximate surface area is 233 Å². The van der Waals surface area contributed by atoms with E-state index >= 15 is 0 Å². The number of hydrogen-bond donors (Lipinski definition) is 0. The normalized spacial score (nSPS) is 12.2. The van der Waals surface area contributed by atoms with Crippen molar-refractivity contribution in [2.75, 3.05) is 0 Å². The molecule has 0 radical (unpaired) electrons. The molecule has 0 bridgehead atoms. The fourth-order valence-electron chi connectivity index (χ4n) is 3.92. The molecule has 3 rings (SSSR count). The van der Waals surface area contributed by atoms with Crippen molar-refractivity contribution >= 4 is 17.8 Å². The van der Waals surface area contributed by atoms with Gasteiger partial charge in [-0.3, -0.25) is 9.79 Å². The summed E-state index contributed by atoms with van der Waals surface area (Å²) in [5.41, 5.74) is 4.70. The van der Waals surface area contributed by atoms with Gasteiger partial charge >= 0.3 is 6.68 Å². The molecule has 0 saturated carbocycles. The van der Waals surface area contributed by atoms with Crippen molar-refractivity contribution in [3.8, 4) is 0 Å². The van der Waals surface area contributed by atoms with Gasteiger partial charge < -0.3 is 4.79 Å². The van der Waals surface area contributed by atoms with Gasteiger partial charge in [0.05, 0.1) is 0 Å². The number of benzene rings is 2. The Balaban J connectivity index is 0.000000531. The van der Waals surface area contributed by atoms with Gasteiger partial charge in [-0.1, -0.05) is 114 Å². The summed E-state index contributed by atoms with van der Waals surface area (Å²) in [6.45, 7) is 6.54. The Kier molecular flexibility index (Phi) is 21.1. The molecule has 3 nitrogen and oxygen atoms in total. The minimum atomic E-state index is -3.67. The Morgan fingerprint density at radius 3 is 1.77 bits per heavy atom. The number of ketones is 2. The van der Waals surface area contributed by atoms with Gasteiger partial charge in [0, 0.05) is 36.2 Å². The average Bonchev–Trinajstić information content (AvgIpc) is 2.93. The van der Waals surface area contributed by atoms with Crippen LogP contribution in [0.3, 0.4) is 0 Å². The lowest BCUT2D eigenvalue weighted by molar-refractivity contribution is -0.117. The van der Waals surface area contributed by atoms with Crippen LogP contribution in [0.25, 0.3) is 0 Å². The number of Topliss-reactive ketones (excluding diaryl/α,β-unsaturated/α-hetero) is 2. The predicted octanol–water partition coefficient (Wildman–Crippen LogP) is 10.1. The fraction of sp³-hybridized carbons (Fsp3) is 0.485. The van der Waals surface area contributed by atoms with Gasteiger partial charge in [-0.2, -0.15) is 13.2 Å². The SMILES string of the molecule is CC(c1ccccc1)c1ccccc1.CCCC1=C(CC)N=CCC1=O.CCCCCCC(C)=O.FC(F)F. The van der Waals surface area contributed by atoms with Crippen LogP contribution in [-0.4, -0.2) is 24.5 Å². The smallest absolute Gasteiger partial charge is 0.300 e. The number of carbonyl (C=O) groups is 2. The second-order valence-corrected chi connectivity index (χ2v) is 9.27. The van der Waals surface area contributed by atoms with E-state index in [0.717, 1.165) is 43.4 Å². The summed E-state index contributed by atoms with van der Waals surface area (Å²) in [4.78, 5) is 26.0. The maximum absolute atomic E-state index is 11.4. The van der Waals surface area contributed by atoms with Crippen LogP contribution in [0.2, 0.25) is 0 Å². The fourth-order valence-corrected chi connectivity index (χ4v) is 3.92. The molecule has 0 N–H and O–H groups in total. The first-order chi connectivity index (χ1) is 18.7. The van der Waals surface area contributed by atoms with Gasteiger partial charge in [-0.15, -0.1) is 0 Å². The lowest BCUT2D eigenvalue weighted by Gasteiger charge is -2.11. The van der Waals surface area contributed by atoms with Crippen molar-refractivity contribution in [3.05, 3.63) is 83.1 Å². The van der Waals surface area contributed by atoms with Crippen LogP contribution in [0, 0.1) is 0 Å². The molecule has 2 aromatic carbocycles. The molecule has 39 heavy (non-hydrogen) atoms. The van der Waals surface area contributed by atoms with E-state index in [1.165, 1.54) is 30.4 Å². The molecule has 1 aliphatic rings. The zero-order valence-electron chi connectivity index (χ0n) is 24.3. The summed E-state index contributed by atoms with van der Waals surface area (Å²) < 4.78 is 29.0. The second-order valence-electron chi connectivity index (χ2n) is 9.27. The van der Waals surface area contributed by atoms with Crippen LogP contribution < -0.4 is 0 Å². The number of unbranched alkanes of at least 4 members (excludes halogenated alkanes) is 3. The van der Waals surface area contributed by atoms with E-state index in [1.807, 2.05) is 6.92 Å². The van der Waals surface area contributed by atoms with E-state index < -0.39 is 6.68 Å². The van der Waals surface area contributed by atoms with E-state index in [9.17, 15) is 22.8 Å². The highest BCUT2D eigenvalue weighted by molar-refractivity contribution is 6.05. The van der Waals surface area contributed by atoms with E-state index in [-0.39, 0.29) is 5.78 Å². The molecule has 0 unspecified atom stereocenters. The van der Waals surface area contributed by atoms with Crippen molar-refractivity contribution in [2.24, 2.45) is 4.99 Å². The largest absolute Gasteiger partial charge is 0.379 e. The second kappa shape index (κ2) is 22.9. The quantitative estimate of drug-likeness (QED) is 0.279. The molecule has 0 atom stereocenters. The first kappa shape index (κ1) is 36.0. The molecule has 1 heterocycles. The topological polar surface area (TPSA) is 46.5 Å². The Morgan fingerprint density at radius 1 is 0.846 bits per heavy atom. The highest BCUT2D eigenvalue weighted by Crippen LogP contribution is 2.23. The van der Waals surface area contributed by atoms with Gasteiger partial charge in [0.1, 0.15) is 5.78 Å². The van der Waals surface area contributed by atoms with Gasteiger partial charge in [0.2, 0.25) is 0 Å².